The Bertz CT molecular complexity index is 1180. The minimum absolute atomic E-state index is 0.0268. The monoisotopic (exact) mass is 459 g/mol. The topological polar surface area (TPSA) is 119 Å². The minimum atomic E-state index is -0.468. The second-order valence-electron chi connectivity index (χ2n) is 7.21. The maximum absolute atomic E-state index is 13.2. The molecule has 10 heteroatoms. The molecule has 0 radical (unpaired) electrons. The third-order valence-electron chi connectivity index (χ3n) is 4.97. The normalized spacial score (nSPS) is 13.3. The first-order valence-electron chi connectivity index (χ1n) is 9.69. The average Bonchev–Trinajstić information content (AvgIpc) is 3.50. The van der Waals surface area contributed by atoms with Crippen molar-refractivity contribution in [2.75, 3.05) is 18.4 Å². The van der Waals surface area contributed by atoms with Gasteiger partial charge in [-0.2, -0.15) is 0 Å². The Morgan fingerprint density at radius 3 is 2.52 bits per heavy atom. The van der Waals surface area contributed by atoms with Gasteiger partial charge in [0, 0.05) is 42.4 Å². The van der Waals surface area contributed by atoms with Gasteiger partial charge in [0.05, 0.1) is 21.1 Å². The van der Waals surface area contributed by atoms with Gasteiger partial charge in [-0.1, -0.05) is 23.2 Å². The van der Waals surface area contributed by atoms with Gasteiger partial charge in [-0.15, -0.1) is 0 Å². The van der Waals surface area contributed by atoms with E-state index in [1.165, 1.54) is 22.9 Å². The Balaban J connectivity index is 1.66. The summed E-state index contributed by atoms with van der Waals surface area (Å²) in [6.07, 6.45) is 4.83. The van der Waals surface area contributed by atoms with Gasteiger partial charge in [-0.3, -0.25) is 19.0 Å². The second kappa shape index (κ2) is 8.66. The predicted octanol–water partition coefficient (Wildman–Crippen LogP) is 3.07. The van der Waals surface area contributed by atoms with E-state index in [1.807, 2.05) is 0 Å². The lowest BCUT2D eigenvalue weighted by atomic mass is 10.1. The number of pyridine rings is 1. The molecule has 2 aromatic heterocycles. The van der Waals surface area contributed by atoms with Gasteiger partial charge >= 0.3 is 0 Å². The zero-order chi connectivity index (χ0) is 22.1. The number of hydrogen-bond acceptors (Lipinski definition) is 5. The largest absolute Gasteiger partial charge is 0.351 e. The molecule has 1 fully saturated rings. The summed E-state index contributed by atoms with van der Waals surface area (Å²) in [6.45, 7) is 0.597. The first kappa shape index (κ1) is 21.3. The molecule has 1 aliphatic rings. The van der Waals surface area contributed by atoms with E-state index in [4.69, 9.17) is 28.9 Å². The molecule has 0 bridgehead atoms. The molecule has 0 atom stereocenters. The number of carbonyl (C=O) groups excluding carboxylic acids is 3. The molecule has 2 amide bonds. The third kappa shape index (κ3) is 4.27. The van der Waals surface area contributed by atoms with Crippen LogP contribution in [0, 0.1) is 5.92 Å². The van der Waals surface area contributed by atoms with Gasteiger partial charge in [-0.25, -0.2) is 4.98 Å². The van der Waals surface area contributed by atoms with Crippen molar-refractivity contribution < 1.29 is 14.4 Å². The standard InChI is InChI=1S/C21H19Cl2N5O3/c22-14-9-12(19(29)26-7-5-24)10-15(23)17(14)21(31)28-8-4-13-16(28)3-6-25-18(13)27-20(30)11-1-2-11/h3-4,6,8-11H,1-2,5,7,24H2,(H,26,29)(H,25,27,30). The van der Waals surface area contributed by atoms with Crippen molar-refractivity contribution in [3.8, 4) is 0 Å². The van der Waals surface area contributed by atoms with E-state index in [0.29, 0.717) is 29.8 Å². The number of rotatable bonds is 6. The number of benzene rings is 1. The molecule has 3 aromatic rings. The SMILES string of the molecule is NCCNC(=O)c1cc(Cl)c(C(=O)n2ccc3c(NC(=O)C4CC4)nccc32)c(Cl)c1. The van der Waals surface area contributed by atoms with Crippen LogP contribution in [0.4, 0.5) is 5.82 Å². The summed E-state index contributed by atoms with van der Waals surface area (Å²) in [5.74, 6) is -0.510. The van der Waals surface area contributed by atoms with Gasteiger partial charge in [0.25, 0.3) is 11.8 Å². The van der Waals surface area contributed by atoms with Gasteiger partial charge in [0.2, 0.25) is 5.91 Å². The smallest absolute Gasteiger partial charge is 0.265 e. The van der Waals surface area contributed by atoms with Crippen LogP contribution in [0.1, 0.15) is 33.6 Å². The van der Waals surface area contributed by atoms with Crippen molar-refractivity contribution in [1.82, 2.24) is 14.9 Å². The molecule has 2 heterocycles. The quantitative estimate of drug-likeness (QED) is 0.523. The summed E-state index contributed by atoms with van der Waals surface area (Å²) in [4.78, 5) is 41.7. The molecule has 1 saturated carbocycles. The van der Waals surface area contributed by atoms with E-state index >= 15 is 0 Å². The molecule has 0 spiro atoms. The number of halogens is 2. The first-order chi connectivity index (χ1) is 14.9. The predicted molar refractivity (Wildman–Crippen MR) is 119 cm³/mol. The summed E-state index contributed by atoms with van der Waals surface area (Å²) in [5.41, 5.74) is 6.23. The molecule has 4 N–H and O–H groups in total. The Kier molecular flexibility index (Phi) is 5.95. The molecule has 160 valence electrons. The molecule has 31 heavy (non-hydrogen) atoms. The number of hydrogen-bond donors (Lipinski definition) is 3. The Morgan fingerprint density at radius 1 is 1.16 bits per heavy atom. The molecule has 0 saturated heterocycles. The Morgan fingerprint density at radius 2 is 1.87 bits per heavy atom. The molecule has 0 aliphatic heterocycles. The van der Waals surface area contributed by atoms with E-state index in [9.17, 15) is 14.4 Å². The maximum atomic E-state index is 13.2. The summed E-state index contributed by atoms with van der Waals surface area (Å²) in [5, 5.41) is 6.16. The number of nitrogens with zero attached hydrogens (tertiary/aromatic N) is 2. The number of amides is 2. The lowest BCUT2D eigenvalue weighted by Crippen LogP contribution is -2.29. The van der Waals surface area contributed by atoms with Gasteiger partial charge in [0.15, 0.2) is 0 Å². The molecule has 1 aliphatic carbocycles. The minimum Gasteiger partial charge on any atom is -0.351 e. The summed E-state index contributed by atoms with van der Waals surface area (Å²) in [6, 6.07) is 6.14. The lowest BCUT2D eigenvalue weighted by molar-refractivity contribution is -0.117. The number of anilines is 1. The van der Waals surface area contributed by atoms with Crippen molar-refractivity contribution in [3.63, 3.8) is 0 Å². The molecule has 1 aromatic carbocycles. The van der Waals surface area contributed by atoms with E-state index in [1.54, 1.807) is 18.3 Å². The van der Waals surface area contributed by atoms with Crippen molar-refractivity contribution >= 4 is 57.6 Å². The number of nitrogens with one attached hydrogen (secondary N) is 2. The molecule has 4 rings (SSSR count). The Hall–Kier alpha value is -2.94. The van der Waals surface area contributed by atoms with Crippen molar-refractivity contribution in [2.24, 2.45) is 11.7 Å². The van der Waals surface area contributed by atoms with Crippen LogP contribution in [0.15, 0.2) is 36.7 Å². The lowest BCUT2D eigenvalue weighted by Gasteiger charge is -2.11. The highest BCUT2D eigenvalue weighted by atomic mass is 35.5. The van der Waals surface area contributed by atoms with Crippen LogP contribution in [0.2, 0.25) is 10.0 Å². The van der Waals surface area contributed by atoms with Crippen LogP contribution in [-0.4, -0.2) is 40.4 Å². The highest BCUT2D eigenvalue weighted by molar-refractivity contribution is 6.40. The van der Waals surface area contributed by atoms with Crippen LogP contribution < -0.4 is 16.4 Å². The van der Waals surface area contributed by atoms with Crippen LogP contribution in [0.5, 0.6) is 0 Å². The number of nitrogens with two attached hydrogens (primary N) is 1. The van der Waals surface area contributed by atoms with Gasteiger partial charge < -0.3 is 16.4 Å². The fourth-order valence-corrected chi connectivity index (χ4v) is 3.87. The van der Waals surface area contributed by atoms with Crippen LogP contribution in [0.25, 0.3) is 10.9 Å². The van der Waals surface area contributed by atoms with E-state index in [0.717, 1.165) is 12.8 Å². The highest BCUT2D eigenvalue weighted by Crippen LogP contribution is 2.32. The Labute approximate surface area is 187 Å². The fraction of sp³-hybridized carbons (Fsp3) is 0.238. The van der Waals surface area contributed by atoms with Gasteiger partial charge in [-0.05, 0) is 37.1 Å². The van der Waals surface area contributed by atoms with Gasteiger partial charge in [0.1, 0.15) is 5.82 Å². The van der Waals surface area contributed by atoms with Crippen molar-refractivity contribution in [2.45, 2.75) is 12.8 Å². The maximum Gasteiger partial charge on any atom is 0.265 e. The van der Waals surface area contributed by atoms with Crippen LogP contribution in [0.3, 0.4) is 0 Å². The summed E-state index contributed by atoms with van der Waals surface area (Å²) >= 11 is 12.6. The molecular formula is C21H19Cl2N5O3. The highest BCUT2D eigenvalue weighted by Gasteiger charge is 2.30. The molecule has 8 nitrogen and oxygen atoms in total. The van der Waals surface area contributed by atoms with Crippen LogP contribution >= 0.6 is 23.2 Å². The fourth-order valence-electron chi connectivity index (χ4n) is 3.22. The number of fused-ring (bicyclic) bond motifs is 1. The number of carbonyl (C=O) groups is 3. The second-order valence-corrected chi connectivity index (χ2v) is 8.02. The zero-order valence-electron chi connectivity index (χ0n) is 16.3. The third-order valence-corrected chi connectivity index (χ3v) is 5.57. The molecule has 0 unspecified atom stereocenters. The molecular weight excluding hydrogens is 441 g/mol. The average molecular weight is 460 g/mol. The number of aromatic nitrogens is 2. The zero-order valence-corrected chi connectivity index (χ0v) is 17.8. The van der Waals surface area contributed by atoms with E-state index in [2.05, 4.69) is 15.6 Å². The van der Waals surface area contributed by atoms with Crippen molar-refractivity contribution in [1.29, 1.82) is 0 Å². The van der Waals surface area contributed by atoms with E-state index < -0.39 is 5.91 Å². The summed E-state index contributed by atoms with van der Waals surface area (Å²) < 4.78 is 1.38. The first-order valence-corrected chi connectivity index (χ1v) is 10.4. The van der Waals surface area contributed by atoms with Crippen molar-refractivity contribution in [3.05, 3.63) is 57.8 Å². The summed E-state index contributed by atoms with van der Waals surface area (Å²) in [7, 11) is 0. The van der Waals surface area contributed by atoms with E-state index in [-0.39, 0.29) is 38.9 Å². The van der Waals surface area contributed by atoms with Crippen LogP contribution in [-0.2, 0) is 4.79 Å².